The smallest absolute Gasteiger partial charge is 0.222 e. The van der Waals surface area contributed by atoms with Gasteiger partial charge in [-0.15, -0.1) is 0 Å². The zero-order valence-corrected chi connectivity index (χ0v) is 15.8. The van der Waals surface area contributed by atoms with E-state index in [-0.39, 0.29) is 0 Å². The zero-order valence-electron chi connectivity index (χ0n) is 15.8. The monoisotopic (exact) mass is 343 g/mol. The minimum Gasteiger partial charge on any atom is -0.343 e. The molecule has 4 rings (SSSR count). The largest absolute Gasteiger partial charge is 0.343 e. The lowest BCUT2D eigenvalue weighted by Crippen LogP contribution is -2.40. The Kier molecular flexibility index (Phi) is 5.14. The first-order chi connectivity index (χ1) is 12.2. The molecule has 2 aliphatic carbocycles. The summed E-state index contributed by atoms with van der Waals surface area (Å²) in [5.74, 6) is 3.81. The van der Waals surface area contributed by atoms with Crippen molar-refractivity contribution >= 4 is 5.91 Å². The summed E-state index contributed by atoms with van der Waals surface area (Å²) in [6, 6.07) is 0. The summed E-state index contributed by atoms with van der Waals surface area (Å²) in [6.45, 7) is 5.20. The molecule has 0 spiro atoms. The first-order valence-electron chi connectivity index (χ1n) is 10.5. The Morgan fingerprint density at radius 3 is 2.44 bits per heavy atom. The molecular formula is C21H33N3O. The number of hydrogen-bond donors (Lipinski definition) is 0. The molecule has 4 nitrogen and oxygen atoms in total. The standard InChI is InChI=1S/C21H33N3O/c1-16-14-22-21(19-7-8-19)24(16)15-18-9-11-23(12-10-18)20(25)13-17-5-3-2-4-6-17/h14,17-19H,2-13,15H2,1H3. The van der Waals surface area contributed by atoms with Crippen molar-refractivity contribution in [2.45, 2.75) is 83.6 Å². The number of carbonyl (C=O) groups is 1. The van der Waals surface area contributed by atoms with Gasteiger partial charge in [-0.25, -0.2) is 4.98 Å². The first kappa shape index (κ1) is 17.1. The molecule has 0 N–H and O–H groups in total. The number of likely N-dealkylation sites (tertiary alicyclic amines) is 1. The summed E-state index contributed by atoms with van der Waals surface area (Å²) in [4.78, 5) is 19.4. The van der Waals surface area contributed by atoms with Crippen LogP contribution in [-0.4, -0.2) is 33.4 Å². The van der Waals surface area contributed by atoms with Gasteiger partial charge in [0.2, 0.25) is 5.91 Å². The summed E-state index contributed by atoms with van der Waals surface area (Å²) in [5, 5.41) is 0. The van der Waals surface area contributed by atoms with Crippen molar-refractivity contribution in [2.75, 3.05) is 13.1 Å². The number of nitrogens with zero attached hydrogens (tertiary/aromatic N) is 3. The van der Waals surface area contributed by atoms with Crippen molar-refractivity contribution in [1.29, 1.82) is 0 Å². The van der Waals surface area contributed by atoms with Crippen LogP contribution >= 0.6 is 0 Å². The fraction of sp³-hybridized carbons (Fsp3) is 0.810. The molecule has 1 amide bonds. The number of carbonyl (C=O) groups excluding carboxylic acids is 1. The molecule has 138 valence electrons. The molecule has 2 heterocycles. The van der Waals surface area contributed by atoms with Crippen molar-refractivity contribution < 1.29 is 4.79 Å². The van der Waals surface area contributed by atoms with Crippen LogP contribution in [0.2, 0.25) is 0 Å². The number of imidazole rings is 1. The first-order valence-corrected chi connectivity index (χ1v) is 10.5. The van der Waals surface area contributed by atoms with Gasteiger partial charge in [0.25, 0.3) is 0 Å². The van der Waals surface area contributed by atoms with E-state index in [0.29, 0.717) is 23.7 Å². The fourth-order valence-electron chi connectivity index (χ4n) is 4.77. The highest BCUT2D eigenvalue weighted by Gasteiger charge is 2.30. The summed E-state index contributed by atoms with van der Waals surface area (Å²) in [7, 11) is 0. The van der Waals surface area contributed by atoms with Gasteiger partial charge in [-0.2, -0.15) is 0 Å². The zero-order chi connectivity index (χ0) is 17.2. The Balaban J connectivity index is 1.27. The van der Waals surface area contributed by atoms with Gasteiger partial charge in [-0.1, -0.05) is 19.3 Å². The van der Waals surface area contributed by atoms with Crippen LogP contribution in [0.1, 0.15) is 81.6 Å². The van der Waals surface area contributed by atoms with E-state index in [0.717, 1.165) is 38.9 Å². The average Bonchev–Trinajstić information content (AvgIpc) is 3.41. The van der Waals surface area contributed by atoms with Crippen LogP contribution in [0, 0.1) is 18.8 Å². The normalized spacial score (nSPS) is 23.2. The van der Waals surface area contributed by atoms with Crippen LogP contribution < -0.4 is 0 Å². The van der Waals surface area contributed by atoms with Crippen LogP contribution in [0.15, 0.2) is 6.20 Å². The second-order valence-corrected chi connectivity index (χ2v) is 8.67. The molecule has 1 aliphatic heterocycles. The summed E-state index contributed by atoms with van der Waals surface area (Å²) < 4.78 is 2.46. The number of amides is 1. The lowest BCUT2D eigenvalue weighted by Gasteiger charge is -2.34. The molecule has 1 aromatic heterocycles. The fourth-order valence-corrected chi connectivity index (χ4v) is 4.77. The summed E-state index contributed by atoms with van der Waals surface area (Å²) in [5.41, 5.74) is 1.30. The summed E-state index contributed by atoms with van der Waals surface area (Å²) in [6.07, 6.45) is 14.3. The van der Waals surface area contributed by atoms with E-state index in [9.17, 15) is 4.79 Å². The third-order valence-electron chi connectivity index (χ3n) is 6.62. The van der Waals surface area contributed by atoms with Gasteiger partial charge in [-0.05, 0) is 57.3 Å². The molecule has 0 aromatic carbocycles. The van der Waals surface area contributed by atoms with Crippen LogP contribution in [-0.2, 0) is 11.3 Å². The Morgan fingerprint density at radius 2 is 1.76 bits per heavy atom. The van der Waals surface area contributed by atoms with E-state index in [1.165, 1.54) is 56.5 Å². The minimum absolute atomic E-state index is 0.419. The molecule has 0 atom stereocenters. The predicted octanol–water partition coefficient (Wildman–Crippen LogP) is 4.28. The quantitative estimate of drug-likeness (QED) is 0.800. The number of aromatic nitrogens is 2. The Hall–Kier alpha value is -1.32. The van der Waals surface area contributed by atoms with E-state index in [1.54, 1.807) is 0 Å². The van der Waals surface area contributed by atoms with E-state index >= 15 is 0 Å². The SMILES string of the molecule is Cc1cnc(C2CC2)n1CC1CCN(C(=O)CC2CCCCC2)CC1. The van der Waals surface area contributed by atoms with Crippen LogP contribution in [0.5, 0.6) is 0 Å². The van der Waals surface area contributed by atoms with Gasteiger partial charge in [0.05, 0.1) is 0 Å². The minimum atomic E-state index is 0.419. The molecule has 4 heteroatoms. The average molecular weight is 344 g/mol. The van der Waals surface area contributed by atoms with Gasteiger partial charge in [0.15, 0.2) is 0 Å². The molecule has 1 saturated heterocycles. The lowest BCUT2D eigenvalue weighted by molar-refractivity contribution is -0.133. The van der Waals surface area contributed by atoms with E-state index in [4.69, 9.17) is 0 Å². The topological polar surface area (TPSA) is 38.1 Å². The second kappa shape index (κ2) is 7.51. The molecular weight excluding hydrogens is 310 g/mol. The van der Waals surface area contributed by atoms with Gasteiger partial charge < -0.3 is 9.47 Å². The molecule has 0 bridgehead atoms. The Labute approximate surface area is 152 Å². The third-order valence-corrected chi connectivity index (χ3v) is 6.62. The number of rotatable bonds is 5. The van der Waals surface area contributed by atoms with Gasteiger partial charge in [-0.3, -0.25) is 4.79 Å². The molecule has 0 radical (unpaired) electrons. The van der Waals surface area contributed by atoms with E-state index < -0.39 is 0 Å². The number of hydrogen-bond acceptors (Lipinski definition) is 2. The van der Waals surface area contributed by atoms with E-state index in [2.05, 4.69) is 21.4 Å². The van der Waals surface area contributed by atoms with Crippen LogP contribution in [0.3, 0.4) is 0 Å². The van der Waals surface area contributed by atoms with Gasteiger partial charge in [0, 0.05) is 43.9 Å². The van der Waals surface area contributed by atoms with E-state index in [1.807, 2.05) is 6.20 Å². The van der Waals surface area contributed by atoms with Crippen molar-refractivity contribution in [1.82, 2.24) is 14.5 Å². The van der Waals surface area contributed by atoms with Gasteiger partial charge >= 0.3 is 0 Å². The maximum Gasteiger partial charge on any atom is 0.222 e. The molecule has 25 heavy (non-hydrogen) atoms. The molecule has 3 aliphatic rings. The molecule has 3 fully saturated rings. The summed E-state index contributed by atoms with van der Waals surface area (Å²) >= 11 is 0. The number of piperidine rings is 1. The van der Waals surface area contributed by atoms with Crippen molar-refractivity contribution in [2.24, 2.45) is 11.8 Å². The molecule has 1 aromatic rings. The molecule has 0 unspecified atom stereocenters. The maximum atomic E-state index is 12.6. The number of aryl methyl sites for hydroxylation is 1. The van der Waals surface area contributed by atoms with Gasteiger partial charge in [0.1, 0.15) is 5.82 Å². The third kappa shape index (κ3) is 4.09. The maximum absolute atomic E-state index is 12.6. The Morgan fingerprint density at radius 1 is 1.04 bits per heavy atom. The van der Waals surface area contributed by atoms with Crippen molar-refractivity contribution in [3.63, 3.8) is 0 Å². The van der Waals surface area contributed by atoms with Crippen LogP contribution in [0.4, 0.5) is 0 Å². The Bertz CT molecular complexity index is 590. The highest BCUT2D eigenvalue weighted by molar-refractivity contribution is 5.76. The molecule has 2 saturated carbocycles. The highest BCUT2D eigenvalue weighted by atomic mass is 16.2. The van der Waals surface area contributed by atoms with Crippen molar-refractivity contribution in [3.8, 4) is 0 Å². The van der Waals surface area contributed by atoms with Crippen molar-refractivity contribution in [3.05, 3.63) is 17.7 Å². The predicted molar refractivity (Wildman–Crippen MR) is 99.4 cm³/mol. The highest BCUT2D eigenvalue weighted by Crippen LogP contribution is 2.40. The van der Waals surface area contributed by atoms with Crippen LogP contribution in [0.25, 0.3) is 0 Å². The second-order valence-electron chi connectivity index (χ2n) is 8.67. The lowest BCUT2D eigenvalue weighted by atomic mass is 9.86.